The third kappa shape index (κ3) is 4.61. The molecule has 4 rings (SSSR count). The quantitative estimate of drug-likeness (QED) is 0.518. The minimum Gasteiger partial charge on any atom is -0.394 e. The zero-order chi connectivity index (χ0) is 21.8. The number of amides is 1. The van der Waals surface area contributed by atoms with Crippen LogP contribution in [0.5, 0.6) is 0 Å². The molecule has 3 heterocycles. The predicted molar refractivity (Wildman–Crippen MR) is 117 cm³/mol. The van der Waals surface area contributed by atoms with Crippen LogP contribution in [0, 0.1) is 10.1 Å². The van der Waals surface area contributed by atoms with Crippen LogP contribution >= 0.6 is 0 Å². The van der Waals surface area contributed by atoms with Crippen molar-refractivity contribution in [3.63, 3.8) is 0 Å². The molecule has 0 bridgehead atoms. The van der Waals surface area contributed by atoms with E-state index < -0.39 is 0 Å². The van der Waals surface area contributed by atoms with Gasteiger partial charge in [-0.15, -0.1) is 0 Å². The Morgan fingerprint density at radius 3 is 2.74 bits per heavy atom. The molecular weight excluding hydrogens is 398 g/mol. The number of pyridine rings is 1. The number of likely N-dealkylation sites (tertiary alicyclic amines) is 1. The summed E-state index contributed by atoms with van der Waals surface area (Å²) in [5.41, 5.74) is 1.87. The van der Waals surface area contributed by atoms with Crippen LogP contribution < -0.4 is 10.2 Å². The first kappa shape index (κ1) is 21.0. The van der Waals surface area contributed by atoms with Crippen LogP contribution in [-0.4, -0.2) is 58.1 Å². The number of hydrogen-bond acceptors (Lipinski definition) is 7. The highest BCUT2D eigenvalue weighted by molar-refractivity contribution is 5.93. The fourth-order valence-corrected chi connectivity index (χ4v) is 4.34. The largest absolute Gasteiger partial charge is 0.394 e. The fourth-order valence-electron chi connectivity index (χ4n) is 4.34. The van der Waals surface area contributed by atoms with E-state index in [0.29, 0.717) is 30.3 Å². The van der Waals surface area contributed by atoms with Gasteiger partial charge in [0, 0.05) is 32.2 Å². The van der Waals surface area contributed by atoms with Crippen LogP contribution in [0.25, 0.3) is 0 Å². The average molecular weight is 425 g/mol. The lowest BCUT2D eigenvalue weighted by atomic mass is 10.1. The number of nitrogens with one attached hydrogen (secondary N) is 1. The van der Waals surface area contributed by atoms with Gasteiger partial charge in [0.1, 0.15) is 17.2 Å². The van der Waals surface area contributed by atoms with Crippen LogP contribution in [0.1, 0.15) is 41.7 Å². The van der Waals surface area contributed by atoms with Crippen LogP contribution in [0.15, 0.2) is 36.4 Å². The Kier molecular flexibility index (Phi) is 6.31. The molecule has 0 saturated carbocycles. The predicted octanol–water partition coefficient (Wildman–Crippen LogP) is 2.80. The Morgan fingerprint density at radius 1 is 1.19 bits per heavy atom. The number of carbonyl (C=O) groups excluding carboxylic acids is 1. The van der Waals surface area contributed by atoms with E-state index in [1.165, 1.54) is 0 Å². The van der Waals surface area contributed by atoms with Crippen molar-refractivity contribution in [1.82, 2.24) is 9.88 Å². The lowest BCUT2D eigenvalue weighted by molar-refractivity contribution is -0.384. The van der Waals surface area contributed by atoms with E-state index in [9.17, 15) is 20.0 Å². The molecule has 2 saturated heterocycles. The molecule has 0 spiro atoms. The molecule has 2 N–H and O–H groups in total. The molecule has 1 amide bonds. The molecular formula is C22H27N5O4. The minimum absolute atomic E-state index is 0.0457. The maximum Gasteiger partial charge on any atom is 0.292 e. The molecule has 9 heteroatoms. The number of benzene rings is 1. The molecule has 0 aliphatic carbocycles. The van der Waals surface area contributed by atoms with Crippen LogP contribution in [0.4, 0.5) is 17.2 Å². The number of aliphatic hydroxyl groups is 1. The standard InChI is InChI=1S/C22H27N5O4/c28-15-17-5-4-12-26(17)22(29)18-6-3-7-21(24-18)23-14-16-8-9-19(20(13-16)27(30)31)25-10-1-2-11-25/h3,6-9,13,17,28H,1-2,4-5,10-12,14-15H2,(H,23,24). The van der Waals surface area contributed by atoms with Gasteiger partial charge in [-0.25, -0.2) is 4.98 Å². The first-order valence-corrected chi connectivity index (χ1v) is 10.7. The van der Waals surface area contributed by atoms with Gasteiger partial charge < -0.3 is 20.2 Å². The van der Waals surface area contributed by atoms with Crippen molar-refractivity contribution in [1.29, 1.82) is 0 Å². The highest BCUT2D eigenvalue weighted by atomic mass is 16.6. The molecule has 9 nitrogen and oxygen atoms in total. The number of nitro groups is 1. The molecule has 164 valence electrons. The maximum atomic E-state index is 12.8. The molecule has 1 aromatic carbocycles. The summed E-state index contributed by atoms with van der Waals surface area (Å²) in [6, 6.07) is 10.3. The van der Waals surface area contributed by atoms with Crippen LogP contribution in [0.3, 0.4) is 0 Å². The minimum atomic E-state index is -0.331. The number of aliphatic hydroxyl groups excluding tert-OH is 1. The molecule has 1 unspecified atom stereocenters. The third-order valence-electron chi connectivity index (χ3n) is 5.97. The first-order chi connectivity index (χ1) is 15.1. The summed E-state index contributed by atoms with van der Waals surface area (Å²) in [5, 5.41) is 24.2. The monoisotopic (exact) mass is 425 g/mol. The van der Waals surface area contributed by atoms with Gasteiger partial charge in [-0.05, 0) is 49.4 Å². The van der Waals surface area contributed by atoms with Gasteiger partial charge in [0.05, 0.1) is 17.6 Å². The summed E-state index contributed by atoms with van der Waals surface area (Å²) in [5.74, 6) is 0.336. The lowest BCUT2D eigenvalue weighted by Crippen LogP contribution is -2.38. The van der Waals surface area contributed by atoms with Gasteiger partial charge >= 0.3 is 0 Å². The Balaban J connectivity index is 1.46. The summed E-state index contributed by atoms with van der Waals surface area (Å²) >= 11 is 0. The van der Waals surface area contributed by atoms with Crippen LogP contribution in [0.2, 0.25) is 0 Å². The van der Waals surface area contributed by atoms with E-state index in [1.807, 2.05) is 12.1 Å². The van der Waals surface area contributed by atoms with E-state index in [-0.39, 0.29) is 29.2 Å². The lowest BCUT2D eigenvalue weighted by Gasteiger charge is -2.22. The van der Waals surface area contributed by atoms with E-state index in [0.717, 1.165) is 44.3 Å². The molecule has 2 aliphatic rings. The molecule has 31 heavy (non-hydrogen) atoms. The molecule has 1 aromatic heterocycles. The summed E-state index contributed by atoms with van der Waals surface area (Å²) in [7, 11) is 0. The number of anilines is 2. The normalized spacial score (nSPS) is 18.4. The van der Waals surface area contributed by atoms with Crippen LogP contribution in [-0.2, 0) is 6.54 Å². The van der Waals surface area contributed by atoms with Gasteiger partial charge in [-0.2, -0.15) is 0 Å². The second-order valence-electron chi connectivity index (χ2n) is 8.01. The Morgan fingerprint density at radius 2 is 2.00 bits per heavy atom. The number of rotatable bonds is 7. The summed E-state index contributed by atoms with van der Waals surface area (Å²) in [6.45, 7) is 2.62. The average Bonchev–Trinajstić information content (AvgIpc) is 3.49. The Hall–Kier alpha value is -3.20. The van der Waals surface area contributed by atoms with Crippen molar-refractivity contribution in [3.8, 4) is 0 Å². The number of aromatic nitrogens is 1. The second-order valence-corrected chi connectivity index (χ2v) is 8.01. The van der Waals surface area contributed by atoms with Crippen molar-refractivity contribution < 1.29 is 14.8 Å². The number of hydrogen-bond donors (Lipinski definition) is 2. The van der Waals surface area contributed by atoms with E-state index >= 15 is 0 Å². The molecule has 2 aliphatic heterocycles. The van der Waals surface area contributed by atoms with Gasteiger partial charge in [0.2, 0.25) is 0 Å². The Labute approximate surface area is 180 Å². The number of nitrogens with zero attached hydrogens (tertiary/aromatic N) is 4. The zero-order valence-electron chi connectivity index (χ0n) is 17.4. The van der Waals surface area contributed by atoms with E-state index in [4.69, 9.17) is 0 Å². The summed E-state index contributed by atoms with van der Waals surface area (Å²) in [6.07, 6.45) is 3.78. The molecule has 1 atom stereocenters. The second kappa shape index (κ2) is 9.30. The van der Waals surface area contributed by atoms with Gasteiger partial charge in [-0.3, -0.25) is 14.9 Å². The van der Waals surface area contributed by atoms with Crippen molar-refractivity contribution in [2.45, 2.75) is 38.3 Å². The summed E-state index contributed by atoms with van der Waals surface area (Å²) < 4.78 is 0. The third-order valence-corrected chi connectivity index (χ3v) is 5.97. The molecule has 2 aromatic rings. The highest BCUT2D eigenvalue weighted by Gasteiger charge is 2.29. The fraction of sp³-hybridized carbons (Fsp3) is 0.455. The number of carbonyl (C=O) groups is 1. The highest BCUT2D eigenvalue weighted by Crippen LogP contribution is 2.31. The Bertz CT molecular complexity index is 961. The van der Waals surface area contributed by atoms with Crippen molar-refractivity contribution in [3.05, 3.63) is 57.8 Å². The zero-order valence-corrected chi connectivity index (χ0v) is 17.4. The van der Waals surface area contributed by atoms with Gasteiger partial charge in [-0.1, -0.05) is 12.1 Å². The summed E-state index contributed by atoms with van der Waals surface area (Å²) in [4.78, 5) is 32.2. The smallest absolute Gasteiger partial charge is 0.292 e. The first-order valence-electron chi connectivity index (χ1n) is 10.7. The van der Waals surface area contributed by atoms with E-state index in [2.05, 4.69) is 15.2 Å². The van der Waals surface area contributed by atoms with Gasteiger partial charge in [0.25, 0.3) is 11.6 Å². The SMILES string of the molecule is O=C(c1cccc(NCc2ccc(N3CCCC3)c([N+](=O)[O-])c2)n1)N1CCCC1CO. The van der Waals surface area contributed by atoms with Gasteiger partial charge in [0.15, 0.2) is 0 Å². The van der Waals surface area contributed by atoms with Crippen molar-refractivity contribution >= 4 is 23.1 Å². The number of nitro benzene ring substituents is 1. The van der Waals surface area contributed by atoms with Crippen molar-refractivity contribution in [2.24, 2.45) is 0 Å². The molecule has 0 radical (unpaired) electrons. The van der Waals surface area contributed by atoms with Crippen molar-refractivity contribution in [2.75, 3.05) is 36.5 Å². The maximum absolute atomic E-state index is 12.8. The van der Waals surface area contributed by atoms with E-state index in [1.54, 1.807) is 29.2 Å². The molecule has 2 fully saturated rings. The topological polar surface area (TPSA) is 112 Å².